The van der Waals surface area contributed by atoms with Gasteiger partial charge in [-0.25, -0.2) is 4.39 Å². The Kier molecular flexibility index (Phi) is 6.85. The topological polar surface area (TPSA) is 63.4 Å². The maximum absolute atomic E-state index is 13.4. The number of aromatic nitrogens is 2. The summed E-state index contributed by atoms with van der Waals surface area (Å²) in [6, 6.07) is 12.1. The first-order valence-electron chi connectivity index (χ1n) is 10.8. The van der Waals surface area contributed by atoms with Gasteiger partial charge in [0.1, 0.15) is 5.82 Å². The fourth-order valence-electron chi connectivity index (χ4n) is 3.94. The zero-order chi connectivity index (χ0) is 23.5. The first-order valence-corrected chi connectivity index (χ1v) is 11.2. The van der Waals surface area contributed by atoms with Crippen molar-refractivity contribution in [1.82, 2.24) is 20.4 Å². The highest BCUT2D eigenvalue weighted by atomic mass is 32.1. The molecule has 1 aliphatic heterocycles. The number of ether oxygens (including phenoxy) is 1. The summed E-state index contributed by atoms with van der Waals surface area (Å²) in [7, 11) is 1.69. The van der Waals surface area contributed by atoms with Gasteiger partial charge < -0.3 is 19.5 Å². The van der Waals surface area contributed by atoms with Crippen LogP contribution in [-0.4, -0.2) is 40.4 Å². The lowest BCUT2D eigenvalue weighted by Gasteiger charge is -2.37. The van der Waals surface area contributed by atoms with Crippen LogP contribution in [0.15, 0.2) is 52.7 Å². The van der Waals surface area contributed by atoms with Crippen molar-refractivity contribution < 1.29 is 13.7 Å². The number of nitrogens with zero attached hydrogens (tertiary/aromatic N) is 3. The van der Waals surface area contributed by atoms with Crippen LogP contribution in [0.1, 0.15) is 42.0 Å². The Morgan fingerprint density at radius 1 is 1.12 bits per heavy atom. The molecular formula is C25H27FN4O2S. The number of thiocarbonyl (C=S) groups is 1. The molecule has 0 amide bonds. The van der Waals surface area contributed by atoms with Crippen LogP contribution in [-0.2, 0) is 4.74 Å². The van der Waals surface area contributed by atoms with Gasteiger partial charge in [-0.2, -0.15) is 4.98 Å². The van der Waals surface area contributed by atoms with Crippen LogP contribution < -0.4 is 5.32 Å². The Bertz CT molecular complexity index is 1190. The van der Waals surface area contributed by atoms with E-state index in [0.717, 1.165) is 23.3 Å². The van der Waals surface area contributed by atoms with Gasteiger partial charge in [-0.15, -0.1) is 0 Å². The van der Waals surface area contributed by atoms with Crippen LogP contribution in [0.5, 0.6) is 0 Å². The number of aryl methyl sites for hydroxylation is 2. The van der Waals surface area contributed by atoms with E-state index < -0.39 is 0 Å². The lowest BCUT2D eigenvalue weighted by atomic mass is 9.92. The molecule has 0 bridgehead atoms. The highest BCUT2D eigenvalue weighted by Crippen LogP contribution is 2.38. The minimum Gasteiger partial charge on any atom is -0.385 e. The lowest BCUT2D eigenvalue weighted by Crippen LogP contribution is -2.46. The Morgan fingerprint density at radius 3 is 2.58 bits per heavy atom. The first kappa shape index (κ1) is 23.1. The van der Waals surface area contributed by atoms with Crippen molar-refractivity contribution in [2.75, 3.05) is 20.3 Å². The number of hydrogen-bond donors (Lipinski definition) is 1. The van der Waals surface area contributed by atoms with Crippen molar-refractivity contribution in [1.29, 1.82) is 0 Å². The van der Waals surface area contributed by atoms with Crippen molar-refractivity contribution in [2.24, 2.45) is 0 Å². The van der Waals surface area contributed by atoms with Crippen molar-refractivity contribution in [3.05, 3.63) is 76.6 Å². The molecule has 0 aliphatic carbocycles. The van der Waals surface area contributed by atoms with Crippen molar-refractivity contribution >= 4 is 22.9 Å². The molecule has 1 aliphatic rings. The largest absolute Gasteiger partial charge is 0.385 e. The molecule has 1 N–H and O–H groups in total. The molecule has 4 rings (SSSR count). The van der Waals surface area contributed by atoms with E-state index in [0.29, 0.717) is 35.5 Å². The summed E-state index contributed by atoms with van der Waals surface area (Å²) in [6.07, 6.45) is 0.821. The quantitative estimate of drug-likeness (QED) is 0.380. The lowest BCUT2D eigenvalue weighted by molar-refractivity contribution is 0.188. The number of allylic oxidation sites excluding steroid dienone is 1. The van der Waals surface area contributed by atoms with E-state index >= 15 is 0 Å². The first-order chi connectivity index (χ1) is 15.9. The van der Waals surface area contributed by atoms with E-state index in [1.807, 2.05) is 11.8 Å². The SMILES string of the molecule is COCCCN1C(=S)NC(c2ccc(C)c(C)c2)C(c2nc(-c3ccc(F)cc3)no2)=C1C. The zero-order valence-corrected chi connectivity index (χ0v) is 20.0. The predicted molar refractivity (Wildman–Crippen MR) is 130 cm³/mol. The molecular weight excluding hydrogens is 439 g/mol. The summed E-state index contributed by atoms with van der Waals surface area (Å²) in [4.78, 5) is 6.71. The van der Waals surface area contributed by atoms with E-state index in [-0.39, 0.29) is 11.9 Å². The van der Waals surface area contributed by atoms with Crippen LogP contribution in [0.3, 0.4) is 0 Å². The average molecular weight is 467 g/mol. The Labute approximate surface area is 198 Å². The molecule has 33 heavy (non-hydrogen) atoms. The molecule has 1 unspecified atom stereocenters. The molecule has 6 nitrogen and oxygen atoms in total. The van der Waals surface area contributed by atoms with Crippen LogP contribution in [0.2, 0.25) is 0 Å². The van der Waals surface area contributed by atoms with Gasteiger partial charge >= 0.3 is 0 Å². The van der Waals surface area contributed by atoms with Crippen LogP contribution in [0.4, 0.5) is 4.39 Å². The van der Waals surface area contributed by atoms with Gasteiger partial charge in [-0.05, 0) is 80.4 Å². The Balaban J connectivity index is 1.78. The van der Waals surface area contributed by atoms with Gasteiger partial charge in [-0.3, -0.25) is 0 Å². The number of benzene rings is 2. The van der Waals surface area contributed by atoms with E-state index in [2.05, 4.69) is 47.5 Å². The smallest absolute Gasteiger partial charge is 0.258 e. The summed E-state index contributed by atoms with van der Waals surface area (Å²) in [6.45, 7) is 7.54. The summed E-state index contributed by atoms with van der Waals surface area (Å²) < 4.78 is 24.3. The molecule has 1 atom stereocenters. The summed E-state index contributed by atoms with van der Waals surface area (Å²) in [5.74, 6) is 0.498. The van der Waals surface area contributed by atoms with Gasteiger partial charge in [0.25, 0.3) is 5.89 Å². The molecule has 0 fully saturated rings. The van der Waals surface area contributed by atoms with Crippen LogP contribution in [0, 0.1) is 19.7 Å². The molecule has 1 aromatic heterocycles. The van der Waals surface area contributed by atoms with E-state index in [1.54, 1.807) is 19.2 Å². The predicted octanol–water partition coefficient (Wildman–Crippen LogP) is 5.19. The van der Waals surface area contributed by atoms with E-state index in [1.165, 1.54) is 23.3 Å². The second-order valence-electron chi connectivity index (χ2n) is 8.15. The molecule has 0 radical (unpaired) electrons. The minimum atomic E-state index is -0.312. The average Bonchev–Trinajstić information content (AvgIpc) is 3.27. The molecule has 0 saturated carbocycles. The van der Waals surface area contributed by atoms with Gasteiger partial charge in [0.15, 0.2) is 5.11 Å². The third-order valence-electron chi connectivity index (χ3n) is 5.95. The fraction of sp³-hybridized carbons (Fsp3) is 0.320. The molecule has 2 aromatic carbocycles. The maximum atomic E-state index is 13.4. The highest BCUT2D eigenvalue weighted by Gasteiger charge is 2.34. The number of methoxy groups -OCH3 is 1. The molecule has 8 heteroatoms. The third-order valence-corrected chi connectivity index (χ3v) is 6.29. The fourth-order valence-corrected chi connectivity index (χ4v) is 4.28. The molecule has 2 heterocycles. The van der Waals surface area contributed by atoms with Gasteiger partial charge in [0.2, 0.25) is 5.82 Å². The second kappa shape index (κ2) is 9.80. The molecule has 0 spiro atoms. The summed E-state index contributed by atoms with van der Waals surface area (Å²) in [5.41, 5.74) is 5.98. The van der Waals surface area contributed by atoms with Crippen LogP contribution in [0.25, 0.3) is 17.0 Å². The minimum absolute atomic E-state index is 0.239. The Morgan fingerprint density at radius 2 is 1.88 bits per heavy atom. The summed E-state index contributed by atoms with van der Waals surface area (Å²) >= 11 is 5.72. The van der Waals surface area contributed by atoms with Crippen LogP contribution >= 0.6 is 12.2 Å². The van der Waals surface area contributed by atoms with Crippen molar-refractivity contribution in [3.8, 4) is 11.4 Å². The number of rotatable bonds is 7. The molecule has 0 saturated heterocycles. The van der Waals surface area contributed by atoms with Gasteiger partial charge in [0, 0.05) is 31.5 Å². The van der Waals surface area contributed by atoms with E-state index in [4.69, 9.17) is 21.5 Å². The number of nitrogens with one attached hydrogen (secondary N) is 1. The van der Waals surface area contributed by atoms with Crippen molar-refractivity contribution in [3.63, 3.8) is 0 Å². The van der Waals surface area contributed by atoms with Gasteiger partial charge in [-0.1, -0.05) is 23.4 Å². The Hall–Kier alpha value is -3.10. The monoisotopic (exact) mass is 466 g/mol. The van der Waals surface area contributed by atoms with Gasteiger partial charge in [0.05, 0.1) is 11.6 Å². The van der Waals surface area contributed by atoms with Crippen molar-refractivity contribution in [2.45, 2.75) is 33.2 Å². The molecule has 172 valence electrons. The summed E-state index contributed by atoms with van der Waals surface area (Å²) in [5, 5.41) is 8.28. The van der Waals surface area contributed by atoms with E-state index in [9.17, 15) is 4.39 Å². The highest BCUT2D eigenvalue weighted by molar-refractivity contribution is 7.80. The standard InChI is InChI=1S/C25H27FN4O2S/c1-15-6-7-19(14-16(15)2)22-21(17(3)30(25(33)27-22)12-5-13-31-4)24-28-23(29-32-24)18-8-10-20(26)11-9-18/h6-11,14,22H,5,12-13H2,1-4H3,(H,27,33). The second-order valence-corrected chi connectivity index (χ2v) is 8.54. The number of hydrogen-bond acceptors (Lipinski definition) is 5. The zero-order valence-electron chi connectivity index (χ0n) is 19.2. The maximum Gasteiger partial charge on any atom is 0.258 e. The molecule has 3 aromatic rings. The third kappa shape index (κ3) is 4.82. The normalized spacial score (nSPS) is 16.3. The number of halogens is 1.